The third-order valence-corrected chi connectivity index (χ3v) is 5.79. The monoisotopic (exact) mass is 433 g/mol. The molecule has 0 fully saturated rings. The van der Waals surface area contributed by atoms with E-state index in [1.807, 2.05) is 24.3 Å². The number of nitrogens with one attached hydrogen (secondary N) is 1. The van der Waals surface area contributed by atoms with E-state index in [0.29, 0.717) is 37.5 Å². The quantitative estimate of drug-likeness (QED) is 0.495. The van der Waals surface area contributed by atoms with Crippen LogP contribution in [-0.2, 0) is 11.2 Å². The number of phenolic OH excluding ortho intramolecular Hbond substituents is 1. The smallest absolute Gasteiger partial charge is 0.407 e. The molecule has 0 radical (unpaired) electrons. The molecular weight excluding hydrogens is 406 g/mol. The zero-order chi connectivity index (χ0) is 22.5. The second-order valence-electron chi connectivity index (χ2n) is 7.70. The van der Waals surface area contributed by atoms with Gasteiger partial charge in [0.25, 0.3) is 0 Å². The van der Waals surface area contributed by atoms with E-state index in [0.717, 1.165) is 5.56 Å². The maximum absolute atomic E-state index is 12.3. The molecule has 0 saturated heterocycles. The summed E-state index contributed by atoms with van der Waals surface area (Å²) >= 11 is 0. The minimum Gasteiger partial charge on any atom is -0.502 e. The number of fused-ring (bicyclic) bond motifs is 3. The Hall–Kier alpha value is -3.67. The molecule has 1 amide bonds. The summed E-state index contributed by atoms with van der Waals surface area (Å²) in [5, 5.41) is 12.8. The molecule has 166 valence electrons. The second-order valence-corrected chi connectivity index (χ2v) is 7.70. The van der Waals surface area contributed by atoms with Gasteiger partial charge in [-0.25, -0.2) is 4.79 Å². The molecule has 0 saturated carbocycles. The van der Waals surface area contributed by atoms with Crippen LogP contribution in [-0.4, -0.2) is 38.6 Å². The van der Waals surface area contributed by atoms with Crippen LogP contribution in [0.4, 0.5) is 4.79 Å². The zero-order valence-corrected chi connectivity index (χ0v) is 18.3. The van der Waals surface area contributed by atoms with E-state index in [1.165, 1.54) is 36.5 Å². The maximum Gasteiger partial charge on any atom is 0.407 e. The van der Waals surface area contributed by atoms with E-state index in [1.54, 1.807) is 12.1 Å². The van der Waals surface area contributed by atoms with Gasteiger partial charge in [-0.05, 0) is 52.8 Å². The van der Waals surface area contributed by atoms with Gasteiger partial charge in [-0.2, -0.15) is 0 Å². The first kappa shape index (κ1) is 21.6. The number of carbonyl (C=O) groups excluding carboxylic acids is 1. The lowest BCUT2D eigenvalue weighted by Crippen LogP contribution is -2.27. The fourth-order valence-electron chi connectivity index (χ4n) is 4.22. The molecule has 1 aliphatic rings. The molecule has 3 aromatic carbocycles. The van der Waals surface area contributed by atoms with Crippen molar-refractivity contribution in [2.75, 3.05) is 27.4 Å². The number of hydrogen-bond acceptors (Lipinski definition) is 5. The molecule has 0 aromatic heterocycles. The molecule has 1 aliphatic carbocycles. The zero-order valence-electron chi connectivity index (χ0n) is 18.3. The van der Waals surface area contributed by atoms with Gasteiger partial charge in [0.2, 0.25) is 5.75 Å². The number of benzene rings is 3. The molecule has 0 spiro atoms. The molecule has 2 N–H and O–H groups in total. The normalized spacial score (nSPS) is 12.1. The van der Waals surface area contributed by atoms with Crippen molar-refractivity contribution in [2.24, 2.45) is 0 Å². The summed E-state index contributed by atoms with van der Waals surface area (Å²) in [7, 11) is 2.99. The molecular formula is C26H27NO5. The average molecular weight is 434 g/mol. The minimum absolute atomic E-state index is 0.0180. The first-order valence-electron chi connectivity index (χ1n) is 10.6. The summed E-state index contributed by atoms with van der Waals surface area (Å²) in [6.07, 6.45) is 0.977. The lowest BCUT2D eigenvalue weighted by Gasteiger charge is -2.15. The van der Waals surface area contributed by atoms with Crippen LogP contribution in [0.1, 0.15) is 29.0 Å². The van der Waals surface area contributed by atoms with Gasteiger partial charge in [0.1, 0.15) is 6.61 Å². The number of phenols is 1. The van der Waals surface area contributed by atoms with Gasteiger partial charge in [-0.15, -0.1) is 0 Å². The molecule has 6 heteroatoms. The Morgan fingerprint density at radius 1 is 0.938 bits per heavy atom. The fourth-order valence-corrected chi connectivity index (χ4v) is 4.22. The van der Waals surface area contributed by atoms with Crippen molar-refractivity contribution in [3.63, 3.8) is 0 Å². The Morgan fingerprint density at radius 2 is 1.50 bits per heavy atom. The molecule has 32 heavy (non-hydrogen) atoms. The molecule has 0 aliphatic heterocycles. The van der Waals surface area contributed by atoms with Crippen LogP contribution in [0.15, 0.2) is 60.7 Å². The fraction of sp³-hybridized carbons (Fsp3) is 0.269. The van der Waals surface area contributed by atoms with E-state index in [9.17, 15) is 9.90 Å². The number of rotatable bonds is 8. The van der Waals surface area contributed by atoms with Gasteiger partial charge in [0, 0.05) is 12.5 Å². The first-order valence-corrected chi connectivity index (χ1v) is 10.6. The number of hydrogen-bond donors (Lipinski definition) is 2. The van der Waals surface area contributed by atoms with Gasteiger partial charge in [-0.1, -0.05) is 48.5 Å². The highest BCUT2D eigenvalue weighted by Crippen LogP contribution is 2.44. The Bertz CT molecular complexity index is 1040. The van der Waals surface area contributed by atoms with Crippen molar-refractivity contribution < 1.29 is 24.1 Å². The van der Waals surface area contributed by atoms with Crippen molar-refractivity contribution in [1.29, 1.82) is 0 Å². The summed E-state index contributed by atoms with van der Waals surface area (Å²) in [4.78, 5) is 12.3. The third-order valence-electron chi connectivity index (χ3n) is 5.79. The molecule has 6 nitrogen and oxygen atoms in total. The van der Waals surface area contributed by atoms with Gasteiger partial charge < -0.3 is 24.6 Å². The summed E-state index contributed by atoms with van der Waals surface area (Å²) in [5.74, 6) is 0.758. The largest absolute Gasteiger partial charge is 0.502 e. The summed E-state index contributed by atoms with van der Waals surface area (Å²) in [5.41, 5.74) is 5.74. The summed E-state index contributed by atoms with van der Waals surface area (Å²) in [6.45, 7) is 0.772. The second kappa shape index (κ2) is 9.64. The minimum atomic E-state index is -0.423. The van der Waals surface area contributed by atoms with Gasteiger partial charge in [0.05, 0.1) is 14.2 Å². The van der Waals surface area contributed by atoms with Crippen molar-refractivity contribution >= 4 is 6.09 Å². The van der Waals surface area contributed by atoms with Gasteiger partial charge >= 0.3 is 6.09 Å². The van der Waals surface area contributed by atoms with Crippen LogP contribution in [0.3, 0.4) is 0 Å². The van der Waals surface area contributed by atoms with Crippen LogP contribution in [0.5, 0.6) is 17.2 Å². The van der Waals surface area contributed by atoms with Crippen LogP contribution in [0, 0.1) is 0 Å². The molecule has 0 bridgehead atoms. The molecule has 3 aromatic rings. The van der Waals surface area contributed by atoms with Crippen molar-refractivity contribution in [1.82, 2.24) is 5.32 Å². The SMILES string of the molecule is COc1cc(CCCNC(=O)OCC2c3ccccc3-c3ccccc32)cc(OC)c1O. The highest BCUT2D eigenvalue weighted by molar-refractivity contribution is 5.79. The number of ether oxygens (including phenoxy) is 3. The predicted octanol–water partition coefficient (Wildman–Crippen LogP) is 4.88. The standard InChI is InChI=1S/C26H27NO5/c1-30-23-14-17(15-24(31-2)25(23)28)8-7-13-27-26(29)32-16-22-20-11-5-3-9-18(20)19-10-4-6-12-21(19)22/h3-6,9-12,14-15,22,28H,7-8,13,16H2,1-2H3,(H,27,29). The summed E-state index contributed by atoms with van der Waals surface area (Å²) in [6, 6.07) is 20.1. The molecule has 4 rings (SSSR count). The van der Waals surface area contributed by atoms with E-state index in [4.69, 9.17) is 14.2 Å². The van der Waals surface area contributed by atoms with Gasteiger partial charge in [-0.3, -0.25) is 0 Å². The number of alkyl carbamates (subject to hydrolysis) is 1. The number of amides is 1. The Balaban J connectivity index is 1.29. The average Bonchev–Trinajstić information content (AvgIpc) is 3.15. The lowest BCUT2D eigenvalue weighted by molar-refractivity contribution is 0.143. The van der Waals surface area contributed by atoms with Crippen LogP contribution in [0.2, 0.25) is 0 Å². The number of aromatic hydroxyl groups is 1. The highest BCUT2D eigenvalue weighted by atomic mass is 16.5. The van der Waals surface area contributed by atoms with Crippen molar-refractivity contribution in [2.45, 2.75) is 18.8 Å². The first-order chi connectivity index (χ1) is 15.6. The van der Waals surface area contributed by atoms with Crippen molar-refractivity contribution in [3.8, 4) is 28.4 Å². The Labute approximate surface area is 187 Å². The van der Waals surface area contributed by atoms with Crippen LogP contribution in [0.25, 0.3) is 11.1 Å². The Kier molecular flexibility index (Phi) is 6.50. The van der Waals surface area contributed by atoms with E-state index < -0.39 is 6.09 Å². The maximum atomic E-state index is 12.3. The molecule has 0 heterocycles. The van der Waals surface area contributed by atoms with Gasteiger partial charge in [0.15, 0.2) is 11.5 Å². The van der Waals surface area contributed by atoms with E-state index in [2.05, 4.69) is 29.6 Å². The lowest BCUT2D eigenvalue weighted by atomic mass is 9.98. The topological polar surface area (TPSA) is 77.0 Å². The van der Waals surface area contributed by atoms with E-state index >= 15 is 0 Å². The number of methoxy groups -OCH3 is 2. The van der Waals surface area contributed by atoms with Crippen LogP contribution >= 0.6 is 0 Å². The summed E-state index contributed by atoms with van der Waals surface area (Å²) < 4.78 is 15.9. The van der Waals surface area contributed by atoms with Crippen LogP contribution < -0.4 is 14.8 Å². The molecule has 0 unspecified atom stereocenters. The predicted molar refractivity (Wildman–Crippen MR) is 123 cm³/mol. The number of carbonyl (C=O) groups is 1. The number of aryl methyl sites for hydroxylation is 1. The van der Waals surface area contributed by atoms with E-state index in [-0.39, 0.29) is 11.7 Å². The third kappa shape index (κ3) is 4.35. The Morgan fingerprint density at radius 3 is 2.06 bits per heavy atom. The van der Waals surface area contributed by atoms with Crippen molar-refractivity contribution in [3.05, 3.63) is 77.4 Å². The highest BCUT2D eigenvalue weighted by Gasteiger charge is 2.28. The molecule has 0 atom stereocenters.